The molecule has 3 N–H and O–H groups in total. The molecule has 0 aliphatic heterocycles. The van der Waals surface area contributed by atoms with Crippen LogP contribution in [0.2, 0.25) is 0 Å². The normalized spacial score (nSPS) is 14.0. The number of anilines is 2. The van der Waals surface area contributed by atoms with Crippen molar-refractivity contribution in [2.75, 3.05) is 10.6 Å². The molecule has 2 aromatic rings. The third kappa shape index (κ3) is 3.97. The van der Waals surface area contributed by atoms with Crippen molar-refractivity contribution < 1.29 is 0 Å². The molecule has 0 saturated heterocycles. The molecular weight excluding hydrogens is 294 g/mol. The summed E-state index contributed by atoms with van der Waals surface area (Å²) in [4.78, 5) is 0. The first kappa shape index (κ1) is 16.6. The first-order valence-electron chi connectivity index (χ1n) is 8.77. The van der Waals surface area contributed by atoms with Gasteiger partial charge in [0.25, 0.3) is 0 Å². The molecule has 0 fully saturated rings. The van der Waals surface area contributed by atoms with E-state index >= 15 is 0 Å². The highest BCUT2D eigenvalue weighted by atomic mass is 15.1. The molecule has 1 aliphatic rings. The summed E-state index contributed by atoms with van der Waals surface area (Å²) in [6.07, 6.45) is 4.90. The van der Waals surface area contributed by atoms with Gasteiger partial charge < -0.3 is 10.6 Å². The molecule has 0 bridgehead atoms. The smallest absolute Gasteiger partial charge is 0.197 e. The van der Waals surface area contributed by atoms with E-state index in [-0.39, 0.29) is 5.41 Å². The summed E-state index contributed by atoms with van der Waals surface area (Å²) in [6, 6.07) is 14.8. The molecule has 0 atom stereocenters. The topological polar surface area (TPSA) is 47.9 Å². The van der Waals surface area contributed by atoms with Crippen molar-refractivity contribution in [3.63, 3.8) is 0 Å². The molecule has 3 heteroatoms. The Hall–Kier alpha value is -2.29. The zero-order valence-electron chi connectivity index (χ0n) is 14.9. The van der Waals surface area contributed by atoms with Crippen LogP contribution < -0.4 is 10.6 Å². The molecule has 1 aliphatic carbocycles. The number of aryl methyl sites for hydroxylation is 2. The number of fused-ring (bicyclic) bond motifs is 1. The summed E-state index contributed by atoms with van der Waals surface area (Å²) >= 11 is 0. The lowest BCUT2D eigenvalue weighted by atomic mass is 9.87. The first-order chi connectivity index (χ1) is 11.4. The maximum Gasteiger partial charge on any atom is 0.197 e. The minimum atomic E-state index is 0.146. The summed E-state index contributed by atoms with van der Waals surface area (Å²) < 4.78 is 0. The molecule has 0 saturated carbocycles. The molecule has 0 unspecified atom stereocenters. The Morgan fingerprint density at radius 1 is 0.833 bits per heavy atom. The molecule has 3 nitrogen and oxygen atoms in total. The number of guanidine groups is 1. The summed E-state index contributed by atoms with van der Waals surface area (Å²) in [5.41, 5.74) is 6.24. The Bertz CT molecular complexity index is 724. The van der Waals surface area contributed by atoms with E-state index in [1.807, 2.05) is 12.1 Å². The number of benzene rings is 2. The van der Waals surface area contributed by atoms with Gasteiger partial charge in [-0.3, -0.25) is 5.41 Å². The Morgan fingerprint density at radius 3 is 2.08 bits per heavy atom. The van der Waals surface area contributed by atoms with Gasteiger partial charge >= 0.3 is 0 Å². The van der Waals surface area contributed by atoms with Crippen LogP contribution in [0.4, 0.5) is 11.4 Å². The molecule has 2 aromatic carbocycles. The van der Waals surface area contributed by atoms with Crippen LogP contribution in [-0.4, -0.2) is 5.96 Å². The fourth-order valence-corrected chi connectivity index (χ4v) is 3.18. The van der Waals surface area contributed by atoms with Crippen LogP contribution in [0.3, 0.4) is 0 Å². The molecule has 0 heterocycles. The Balaban J connectivity index is 1.63. The van der Waals surface area contributed by atoms with E-state index in [2.05, 4.69) is 61.7 Å². The SMILES string of the molecule is CC(C)(C)c1ccc(NC(=N)Nc2ccc3c(c2)CCCC3)cc1. The van der Waals surface area contributed by atoms with E-state index in [4.69, 9.17) is 5.41 Å². The fraction of sp³-hybridized carbons (Fsp3) is 0.381. The monoisotopic (exact) mass is 321 g/mol. The van der Waals surface area contributed by atoms with Crippen LogP contribution in [0.1, 0.15) is 50.3 Å². The molecule has 0 aromatic heterocycles. The van der Waals surface area contributed by atoms with Crippen LogP contribution in [0.25, 0.3) is 0 Å². The van der Waals surface area contributed by atoms with E-state index < -0.39 is 0 Å². The van der Waals surface area contributed by atoms with E-state index in [1.54, 1.807) is 0 Å². The van der Waals surface area contributed by atoms with E-state index in [9.17, 15) is 0 Å². The number of nitrogens with one attached hydrogen (secondary N) is 3. The number of rotatable bonds is 2. The van der Waals surface area contributed by atoms with Crippen molar-refractivity contribution in [3.8, 4) is 0 Å². The summed E-state index contributed by atoms with van der Waals surface area (Å²) in [5, 5.41) is 14.4. The lowest BCUT2D eigenvalue weighted by Gasteiger charge is -2.20. The zero-order chi connectivity index (χ0) is 17.2. The maximum absolute atomic E-state index is 8.16. The van der Waals surface area contributed by atoms with Gasteiger partial charge in [0.2, 0.25) is 0 Å². The molecule has 0 radical (unpaired) electrons. The third-order valence-corrected chi connectivity index (χ3v) is 4.64. The predicted molar refractivity (Wildman–Crippen MR) is 103 cm³/mol. The predicted octanol–water partition coefficient (Wildman–Crippen LogP) is 5.32. The van der Waals surface area contributed by atoms with Crippen LogP contribution in [0.15, 0.2) is 42.5 Å². The van der Waals surface area contributed by atoms with E-state index in [0.29, 0.717) is 5.96 Å². The minimum Gasteiger partial charge on any atom is -0.326 e. The quantitative estimate of drug-likeness (QED) is 0.518. The van der Waals surface area contributed by atoms with Gasteiger partial charge in [-0.05, 0) is 72.1 Å². The fourth-order valence-electron chi connectivity index (χ4n) is 3.18. The van der Waals surface area contributed by atoms with Gasteiger partial charge in [0.15, 0.2) is 5.96 Å². The van der Waals surface area contributed by atoms with Gasteiger partial charge in [0, 0.05) is 11.4 Å². The second kappa shape index (κ2) is 6.68. The Labute approximate surface area is 145 Å². The van der Waals surface area contributed by atoms with Crippen molar-refractivity contribution in [2.24, 2.45) is 0 Å². The second-order valence-corrected chi connectivity index (χ2v) is 7.64. The zero-order valence-corrected chi connectivity index (χ0v) is 14.9. The summed E-state index contributed by atoms with van der Waals surface area (Å²) in [6.45, 7) is 6.61. The average molecular weight is 321 g/mol. The third-order valence-electron chi connectivity index (χ3n) is 4.64. The number of hydrogen-bond donors (Lipinski definition) is 3. The standard InChI is InChI=1S/C21H27N3/c1-21(2,3)17-9-12-18(13-10-17)23-20(22)24-19-11-8-15-6-4-5-7-16(15)14-19/h8-14H,4-7H2,1-3H3,(H3,22,23,24). The summed E-state index contributed by atoms with van der Waals surface area (Å²) in [7, 11) is 0. The van der Waals surface area contributed by atoms with Crippen LogP contribution in [0.5, 0.6) is 0 Å². The van der Waals surface area contributed by atoms with E-state index in [0.717, 1.165) is 17.8 Å². The van der Waals surface area contributed by atoms with Crippen LogP contribution in [0, 0.1) is 5.41 Å². The second-order valence-electron chi connectivity index (χ2n) is 7.64. The van der Waals surface area contributed by atoms with Gasteiger partial charge in [-0.1, -0.05) is 39.0 Å². The van der Waals surface area contributed by atoms with Gasteiger partial charge in [-0.15, -0.1) is 0 Å². The van der Waals surface area contributed by atoms with Crippen molar-refractivity contribution in [2.45, 2.75) is 51.9 Å². The van der Waals surface area contributed by atoms with E-state index in [1.165, 1.54) is 36.0 Å². The minimum absolute atomic E-state index is 0.146. The molecular formula is C21H27N3. The molecule has 126 valence electrons. The van der Waals surface area contributed by atoms with Crippen molar-refractivity contribution >= 4 is 17.3 Å². The van der Waals surface area contributed by atoms with Gasteiger partial charge in [-0.25, -0.2) is 0 Å². The van der Waals surface area contributed by atoms with Gasteiger partial charge in [-0.2, -0.15) is 0 Å². The van der Waals surface area contributed by atoms with Crippen molar-refractivity contribution in [1.82, 2.24) is 0 Å². The first-order valence-corrected chi connectivity index (χ1v) is 8.77. The van der Waals surface area contributed by atoms with Crippen molar-refractivity contribution in [1.29, 1.82) is 5.41 Å². The van der Waals surface area contributed by atoms with Gasteiger partial charge in [0.1, 0.15) is 0 Å². The molecule has 24 heavy (non-hydrogen) atoms. The van der Waals surface area contributed by atoms with Gasteiger partial charge in [0.05, 0.1) is 0 Å². The molecule has 0 spiro atoms. The highest BCUT2D eigenvalue weighted by Crippen LogP contribution is 2.25. The lowest BCUT2D eigenvalue weighted by molar-refractivity contribution is 0.590. The molecule has 3 rings (SSSR count). The van der Waals surface area contributed by atoms with Crippen LogP contribution in [-0.2, 0) is 18.3 Å². The Morgan fingerprint density at radius 2 is 1.42 bits per heavy atom. The van der Waals surface area contributed by atoms with Crippen molar-refractivity contribution in [3.05, 3.63) is 59.2 Å². The average Bonchev–Trinajstić information content (AvgIpc) is 2.54. The summed E-state index contributed by atoms with van der Waals surface area (Å²) in [5.74, 6) is 0.300. The maximum atomic E-state index is 8.16. The largest absolute Gasteiger partial charge is 0.326 e. The van der Waals surface area contributed by atoms with Crippen LogP contribution >= 0.6 is 0 Å². The lowest BCUT2D eigenvalue weighted by Crippen LogP contribution is -2.21. The molecule has 0 amide bonds. The highest BCUT2D eigenvalue weighted by molar-refractivity contribution is 6.01. The highest BCUT2D eigenvalue weighted by Gasteiger charge is 2.13. The number of hydrogen-bond acceptors (Lipinski definition) is 1. The Kier molecular flexibility index (Phi) is 4.61.